The highest BCUT2D eigenvalue weighted by Crippen LogP contribution is 2.25. The van der Waals surface area contributed by atoms with Crippen LogP contribution < -0.4 is 10.5 Å². The largest absolute Gasteiger partial charge is 0.481 e. The summed E-state index contributed by atoms with van der Waals surface area (Å²) in [6, 6.07) is 10.0. The van der Waals surface area contributed by atoms with Gasteiger partial charge in [-0.2, -0.15) is 0 Å². The monoisotopic (exact) mass is 359 g/mol. The number of aliphatic hydroxyl groups is 1. The first kappa shape index (κ1) is 19.0. The van der Waals surface area contributed by atoms with Gasteiger partial charge in [0.05, 0.1) is 10.4 Å². The van der Waals surface area contributed by atoms with Gasteiger partial charge in [-0.05, 0) is 48.7 Å². The molecule has 1 heterocycles. The van der Waals surface area contributed by atoms with E-state index >= 15 is 0 Å². The van der Waals surface area contributed by atoms with Crippen molar-refractivity contribution in [2.75, 3.05) is 13.2 Å². The van der Waals surface area contributed by atoms with Crippen LogP contribution in [0.15, 0.2) is 36.4 Å². The Morgan fingerprint density at radius 2 is 2.00 bits per heavy atom. The smallest absolute Gasteiger partial charge is 0.335 e. The van der Waals surface area contributed by atoms with Gasteiger partial charge in [-0.25, -0.2) is 4.79 Å². The molecule has 0 saturated carbocycles. The lowest BCUT2D eigenvalue weighted by Gasteiger charge is -2.13. The van der Waals surface area contributed by atoms with E-state index in [-0.39, 0.29) is 30.7 Å². The van der Waals surface area contributed by atoms with Gasteiger partial charge in [0.25, 0.3) is 0 Å². The van der Waals surface area contributed by atoms with Crippen molar-refractivity contribution < 1.29 is 19.7 Å². The Labute approximate surface area is 151 Å². The molecule has 0 aliphatic carbocycles. The zero-order chi connectivity index (χ0) is 18.2. The predicted molar refractivity (Wildman–Crippen MR) is 97.9 cm³/mol. The van der Waals surface area contributed by atoms with Gasteiger partial charge in [0.15, 0.2) is 0 Å². The third kappa shape index (κ3) is 5.91. The number of hydrogen-bond donors (Lipinski definition) is 3. The number of aromatic carboxylic acids is 1. The molecule has 1 aromatic carbocycles. The van der Waals surface area contributed by atoms with Crippen LogP contribution in [0.3, 0.4) is 0 Å². The SMILES string of the molecule is C[C@@H](CO)CC(N)c1ccc(C#CCOc2ccc(C(=O)O)cc2)s1. The van der Waals surface area contributed by atoms with Crippen LogP contribution in [0, 0.1) is 17.8 Å². The van der Waals surface area contributed by atoms with Crippen molar-refractivity contribution in [1.29, 1.82) is 0 Å². The molecule has 6 heteroatoms. The van der Waals surface area contributed by atoms with Gasteiger partial charge in [-0.15, -0.1) is 11.3 Å². The number of benzene rings is 1. The van der Waals surface area contributed by atoms with Gasteiger partial charge in [0.2, 0.25) is 0 Å². The number of aliphatic hydroxyl groups excluding tert-OH is 1. The maximum absolute atomic E-state index is 10.8. The Morgan fingerprint density at radius 1 is 1.28 bits per heavy atom. The number of carboxylic acid groups (broad SMARTS) is 1. The van der Waals surface area contributed by atoms with E-state index in [2.05, 4.69) is 11.8 Å². The molecule has 0 radical (unpaired) electrons. The van der Waals surface area contributed by atoms with E-state index in [4.69, 9.17) is 20.7 Å². The number of hydrogen-bond acceptors (Lipinski definition) is 5. The van der Waals surface area contributed by atoms with Crippen LogP contribution in [0.25, 0.3) is 0 Å². The van der Waals surface area contributed by atoms with Crippen LogP contribution in [0.2, 0.25) is 0 Å². The van der Waals surface area contributed by atoms with Crippen LogP contribution in [-0.2, 0) is 0 Å². The molecule has 0 bridgehead atoms. The van der Waals surface area contributed by atoms with Gasteiger partial charge in [0, 0.05) is 17.5 Å². The van der Waals surface area contributed by atoms with Crippen LogP contribution in [0.1, 0.15) is 39.5 Å². The zero-order valence-corrected chi connectivity index (χ0v) is 14.8. The van der Waals surface area contributed by atoms with Crippen LogP contribution in [0.5, 0.6) is 5.75 Å². The van der Waals surface area contributed by atoms with Crippen molar-refractivity contribution in [3.63, 3.8) is 0 Å². The van der Waals surface area contributed by atoms with E-state index in [1.165, 1.54) is 12.1 Å². The lowest BCUT2D eigenvalue weighted by Crippen LogP contribution is -2.14. The molecule has 0 aliphatic rings. The van der Waals surface area contributed by atoms with E-state index in [1.807, 2.05) is 19.1 Å². The van der Waals surface area contributed by atoms with Crippen LogP contribution in [-0.4, -0.2) is 29.4 Å². The second-order valence-electron chi connectivity index (χ2n) is 5.75. The predicted octanol–water partition coefficient (Wildman–Crippen LogP) is 2.90. The van der Waals surface area contributed by atoms with Gasteiger partial charge in [-0.3, -0.25) is 0 Å². The normalized spacial score (nSPS) is 12.8. The Morgan fingerprint density at radius 3 is 2.64 bits per heavy atom. The standard InChI is InChI=1S/C19H21NO4S/c1-13(12-21)11-17(20)18-9-8-16(25-18)3-2-10-24-15-6-4-14(5-7-15)19(22)23/h4-9,13,17,21H,10-12,20H2,1H3,(H,22,23)/t13-,17?/m1/s1. The number of carboxylic acids is 1. The number of thiophene rings is 1. The average molecular weight is 359 g/mol. The Bertz CT molecular complexity index is 758. The van der Waals surface area contributed by atoms with Crippen molar-refractivity contribution in [3.8, 4) is 17.6 Å². The average Bonchev–Trinajstić information content (AvgIpc) is 3.08. The van der Waals surface area contributed by atoms with Crippen molar-refractivity contribution in [2.45, 2.75) is 19.4 Å². The molecule has 0 amide bonds. The summed E-state index contributed by atoms with van der Waals surface area (Å²) in [5.41, 5.74) is 6.35. The first-order valence-corrected chi connectivity index (χ1v) is 8.72. The third-order valence-electron chi connectivity index (χ3n) is 3.58. The summed E-state index contributed by atoms with van der Waals surface area (Å²) in [4.78, 5) is 12.7. The molecule has 2 aromatic rings. The van der Waals surface area contributed by atoms with Gasteiger partial charge in [-0.1, -0.05) is 18.8 Å². The lowest BCUT2D eigenvalue weighted by atomic mass is 10.0. The number of nitrogens with two attached hydrogens (primary N) is 1. The molecular weight excluding hydrogens is 338 g/mol. The number of ether oxygens (including phenoxy) is 1. The molecule has 132 valence electrons. The molecule has 0 spiro atoms. The summed E-state index contributed by atoms with van der Waals surface area (Å²) in [5, 5.41) is 17.9. The summed E-state index contributed by atoms with van der Waals surface area (Å²) in [5.74, 6) is 5.75. The minimum atomic E-state index is -0.966. The van der Waals surface area contributed by atoms with E-state index in [0.29, 0.717) is 5.75 Å². The number of carbonyl (C=O) groups is 1. The van der Waals surface area contributed by atoms with Gasteiger partial charge < -0.3 is 20.7 Å². The zero-order valence-electron chi connectivity index (χ0n) is 13.9. The Balaban J connectivity index is 1.86. The highest BCUT2D eigenvalue weighted by molar-refractivity contribution is 7.12. The highest BCUT2D eigenvalue weighted by atomic mass is 32.1. The van der Waals surface area contributed by atoms with Crippen molar-refractivity contribution in [2.24, 2.45) is 11.7 Å². The fourth-order valence-corrected chi connectivity index (χ4v) is 3.08. The number of rotatable bonds is 7. The summed E-state index contributed by atoms with van der Waals surface area (Å²) in [6.07, 6.45) is 0.735. The second kappa shape index (κ2) is 9.23. The fourth-order valence-electron chi connectivity index (χ4n) is 2.18. The van der Waals surface area contributed by atoms with Crippen molar-refractivity contribution in [1.82, 2.24) is 0 Å². The molecule has 0 aliphatic heterocycles. The fraction of sp³-hybridized carbons (Fsp3) is 0.316. The van der Waals surface area contributed by atoms with Crippen LogP contribution in [0.4, 0.5) is 0 Å². The summed E-state index contributed by atoms with van der Waals surface area (Å²) >= 11 is 1.54. The molecule has 0 fully saturated rings. The summed E-state index contributed by atoms with van der Waals surface area (Å²) < 4.78 is 5.47. The summed E-state index contributed by atoms with van der Waals surface area (Å²) in [6.45, 7) is 2.32. The first-order chi connectivity index (χ1) is 12.0. The van der Waals surface area contributed by atoms with E-state index in [1.54, 1.807) is 23.5 Å². The van der Waals surface area contributed by atoms with Crippen molar-refractivity contribution >= 4 is 17.3 Å². The molecular formula is C19H21NO4S. The highest BCUT2D eigenvalue weighted by Gasteiger charge is 2.12. The maximum Gasteiger partial charge on any atom is 0.335 e. The van der Waals surface area contributed by atoms with Crippen molar-refractivity contribution in [3.05, 3.63) is 51.7 Å². The maximum atomic E-state index is 10.8. The molecule has 0 saturated heterocycles. The quantitative estimate of drug-likeness (QED) is 0.661. The molecule has 1 aromatic heterocycles. The second-order valence-corrected chi connectivity index (χ2v) is 6.87. The molecule has 2 rings (SSSR count). The van der Waals surface area contributed by atoms with Gasteiger partial charge >= 0.3 is 5.97 Å². The van der Waals surface area contributed by atoms with E-state index in [0.717, 1.165) is 16.2 Å². The Hall–Kier alpha value is -2.33. The molecule has 5 nitrogen and oxygen atoms in total. The summed E-state index contributed by atoms with van der Waals surface area (Å²) in [7, 11) is 0. The minimum absolute atomic E-state index is 0.0910. The van der Waals surface area contributed by atoms with E-state index < -0.39 is 5.97 Å². The van der Waals surface area contributed by atoms with Gasteiger partial charge in [0.1, 0.15) is 12.4 Å². The minimum Gasteiger partial charge on any atom is -0.481 e. The molecule has 4 N–H and O–H groups in total. The topological polar surface area (TPSA) is 92.8 Å². The lowest BCUT2D eigenvalue weighted by molar-refractivity contribution is 0.0697. The first-order valence-electron chi connectivity index (χ1n) is 7.90. The molecule has 1 unspecified atom stereocenters. The third-order valence-corrected chi connectivity index (χ3v) is 4.72. The van der Waals surface area contributed by atoms with E-state index in [9.17, 15) is 4.79 Å². The van der Waals surface area contributed by atoms with Crippen LogP contribution >= 0.6 is 11.3 Å². The molecule has 25 heavy (non-hydrogen) atoms. The molecule has 2 atom stereocenters. The Kier molecular flexibility index (Phi) is 7.02.